The lowest BCUT2D eigenvalue weighted by Crippen LogP contribution is -2.13. The van der Waals surface area contributed by atoms with Crippen molar-refractivity contribution < 1.29 is 4.79 Å². The molecule has 122 valence electrons. The van der Waals surface area contributed by atoms with Crippen molar-refractivity contribution in [2.45, 2.75) is 6.92 Å². The Balaban J connectivity index is 1.64. The van der Waals surface area contributed by atoms with Crippen LogP contribution in [0.3, 0.4) is 0 Å². The predicted molar refractivity (Wildman–Crippen MR) is 99.8 cm³/mol. The third kappa shape index (κ3) is 3.12. The average Bonchev–Trinajstić information content (AvgIpc) is 3.10. The summed E-state index contributed by atoms with van der Waals surface area (Å²) < 4.78 is 0. The van der Waals surface area contributed by atoms with E-state index in [1.807, 2.05) is 54.8 Å². The molecule has 0 saturated carbocycles. The summed E-state index contributed by atoms with van der Waals surface area (Å²) in [5, 5.41) is 6.14. The summed E-state index contributed by atoms with van der Waals surface area (Å²) in [7, 11) is 0. The van der Waals surface area contributed by atoms with E-state index in [0.29, 0.717) is 10.7 Å². The lowest BCUT2D eigenvalue weighted by molar-refractivity contribution is 0.102. The Labute approximate surface area is 148 Å². The summed E-state index contributed by atoms with van der Waals surface area (Å²) in [6, 6.07) is 15.1. The fourth-order valence-electron chi connectivity index (χ4n) is 2.62. The summed E-state index contributed by atoms with van der Waals surface area (Å²) >= 11 is 1.38. The molecule has 0 atom stereocenters. The molecule has 0 aliphatic heterocycles. The van der Waals surface area contributed by atoms with Crippen LogP contribution in [-0.2, 0) is 0 Å². The maximum Gasteiger partial charge on any atom is 0.258 e. The molecule has 1 amide bonds. The first-order valence-electron chi connectivity index (χ1n) is 7.75. The van der Waals surface area contributed by atoms with Crippen molar-refractivity contribution in [2.24, 2.45) is 0 Å². The molecule has 0 aliphatic carbocycles. The molecule has 3 aromatic heterocycles. The van der Waals surface area contributed by atoms with Crippen LogP contribution in [0.4, 0.5) is 5.13 Å². The second-order valence-electron chi connectivity index (χ2n) is 5.54. The minimum Gasteiger partial charge on any atom is -0.298 e. The highest BCUT2D eigenvalue weighted by atomic mass is 32.1. The van der Waals surface area contributed by atoms with Crippen LogP contribution < -0.4 is 5.32 Å². The molecule has 0 radical (unpaired) electrons. The van der Waals surface area contributed by atoms with Crippen LogP contribution in [0.25, 0.3) is 22.3 Å². The summed E-state index contributed by atoms with van der Waals surface area (Å²) in [6.07, 6.45) is 1.72. The lowest BCUT2D eigenvalue weighted by atomic mass is 10.1. The number of fused-ring (bicyclic) bond motifs is 1. The Kier molecular flexibility index (Phi) is 3.95. The number of para-hydroxylation sites is 1. The van der Waals surface area contributed by atoms with Gasteiger partial charge < -0.3 is 0 Å². The topological polar surface area (TPSA) is 67.8 Å². The molecule has 0 saturated heterocycles. The van der Waals surface area contributed by atoms with Crippen molar-refractivity contribution in [2.75, 3.05) is 5.32 Å². The minimum absolute atomic E-state index is 0.191. The van der Waals surface area contributed by atoms with Crippen LogP contribution in [0.1, 0.15) is 16.1 Å². The first-order valence-corrected chi connectivity index (χ1v) is 8.63. The van der Waals surface area contributed by atoms with Crippen molar-refractivity contribution in [3.05, 3.63) is 71.4 Å². The van der Waals surface area contributed by atoms with Crippen LogP contribution >= 0.6 is 11.3 Å². The van der Waals surface area contributed by atoms with Gasteiger partial charge in [0, 0.05) is 22.7 Å². The fraction of sp³-hybridized carbons (Fsp3) is 0.0526. The molecule has 3 heterocycles. The van der Waals surface area contributed by atoms with Gasteiger partial charge in [-0.25, -0.2) is 4.98 Å². The lowest BCUT2D eigenvalue weighted by Gasteiger charge is -2.07. The molecule has 25 heavy (non-hydrogen) atoms. The standard InChI is InChI=1S/C19H14N4OS/c1-12-10-14(13-6-2-3-7-15(13)21-12)18(24)23-19-22-17(11-25-19)16-8-4-5-9-20-16/h2-11H,1H3,(H,22,23,24). The zero-order valence-electron chi connectivity index (χ0n) is 13.4. The first-order chi connectivity index (χ1) is 12.2. The maximum absolute atomic E-state index is 12.7. The molecular weight excluding hydrogens is 332 g/mol. The zero-order chi connectivity index (χ0) is 17.2. The molecule has 4 aromatic rings. The number of nitrogens with zero attached hydrogens (tertiary/aromatic N) is 3. The molecule has 0 aliphatic rings. The van der Waals surface area contributed by atoms with Gasteiger partial charge in [-0.1, -0.05) is 24.3 Å². The van der Waals surface area contributed by atoms with Crippen LogP contribution in [0.15, 0.2) is 60.1 Å². The molecule has 0 unspecified atom stereocenters. The van der Waals surface area contributed by atoms with E-state index in [4.69, 9.17) is 0 Å². The maximum atomic E-state index is 12.7. The van der Waals surface area contributed by atoms with E-state index in [1.54, 1.807) is 12.3 Å². The molecule has 0 fully saturated rings. The number of anilines is 1. The normalized spacial score (nSPS) is 10.8. The van der Waals surface area contributed by atoms with Crippen molar-refractivity contribution in [1.29, 1.82) is 0 Å². The zero-order valence-corrected chi connectivity index (χ0v) is 14.2. The van der Waals surface area contributed by atoms with Gasteiger partial charge in [-0.3, -0.25) is 20.1 Å². The van der Waals surface area contributed by atoms with Crippen molar-refractivity contribution in [3.8, 4) is 11.4 Å². The molecule has 6 heteroatoms. The van der Waals surface area contributed by atoms with E-state index < -0.39 is 0 Å². The number of amides is 1. The average molecular weight is 346 g/mol. The van der Waals surface area contributed by atoms with E-state index in [0.717, 1.165) is 28.0 Å². The number of carbonyl (C=O) groups excluding carboxylic acids is 1. The molecule has 5 nitrogen and oxygen atoms in total. The van der Waals surface area contributed by atoms with Crippen molar-refractivity contribution in [1.82, 2.24) is 15.0 Å². The summed E-state index contributed by atoms with van der Waals surface area (Å²) in [4.78, 5) is 25.9. The highest BCUT2D eigenvalue weighted by Crippen LogP contribution is 2.25. The summed E-state index contributed by atoms with van der Waals surface area (Å²) in [5.74, 6) is -0.191. The molecule has 4 rings (SSSR count). The number of carbonyl (C=O) groups is 1. The fourth-order valence-corrected chi connectivity index (χ4v) is 3.32. The van der Waals surface area contributed by atoms with Crippen LogP contribution in [-0.4, -0.2) is 20.9 Å². The third-order valence-corrected chi connectivity index (χ3v) is 4.50. The van der Waals surface area contributed by atoms with E-state index in [1.165, 1.54) is 11.3 Å². The first kappa shape index (κ1) is 15.4. The van der Waals surface area contributed by atoms with E-state index in [9.17, 15) is 4.79 Å². The SMILES string of the molecule is Cc1cc(C(=O)Nc2nc(-c3ccccn3)cs2)c2ccccc2n1. The van der Waals surface area contributed by atoms with Gasteiger partial charge in [-0.15, -0.1) is 11.3 Å². The molecule has 1 N–H and O–H groups in total. The highest BCUT2D eigenvalue weighted by molar-refractivity contribution is 7.14. The number of nitrogens with one attached hydrogen (secondary N) is 1. The Morgan fingerprint density at radius 1 is 1.04 bits per heavy atom. The number of aromatic nitrogens is 3. The van der Waals surface area contributed by atoms with Gasteiger partial charge in [0.2, 0.25) is 0 Å². The third-order valence-electron chi connectivity index (χ3n) is 3.74. The number of benzene rings is 1. The Morgan fingerprint density at radius 2 is 1.88 bits per heavy atom. The smallest absolute Gasteiger partial charge is 0.258 e. The molecule has 0 bridgehead atoms. The van der Waals surface area contributed by atoms with Gasteiger partial charge in [-0.05, 0) is 31.2 Å². The van der Waals surface area contributed by atoms with E-state index >= 15 is 0 Å². The Bertz CT molecular complexity index is 1060. The van der Waals surface area contributed by atoms with Gasteiger partial charge in [0.1, 0.15) is 5.69 Å². The summed E-state index contributed by atoms with van der Waals surface area (Å²) in [5.41, 5.74) is 3.73. The van der Waals surface area contributed by atoms with Crippen molar-refractivity contribution in [3.63, 3.8) is 0 Å². The summed E-state index contributed by atoms with van der Waals surface area (Å²) in [6.45, 7) is 1.88. The van der Waals surface area contributed by atoms with Crippen LogP contribution in [0, 0.1) is 6.92 Å². The van der Waals surface area contributed by atoms with Gasteiger partial charge >= 0.3 is 0 Å². The second-order valence-corrected chi connectivity index (χ2v) is 6.39. The predicted octanol–water partition coefficient (Wildman–Crippen LogP) is 4.31. The minimum atomic E-state index is -0.191. The van der Waals surface area contributed by atoms with E-state index in [2.05, 4.69) is 20.3 Å². The Hall–Kier alpha value is -3.12. The van der Waals surface area contributed by atoms with Gasteiger partial charge in [-0.2, -0.15) is 0 Å². The number of aryl methyl sites for hydroxylation is 1. The number of hydrogen-bond donors (Lipinski definition) is 1. The number of thiazole rings is 1. The van der Waals surface area contributed by atoms with Gasteiger partial charge in [0.05, 0.1) is 16.8 Å². The number of rotatable bonds is 3. The van der Waals surface area contributed by atoms with Gasteiger partial charge in [0.25, 0.3) is 5.91 Å². The van der Waals surface area contributed by atoms with E-state index in [-0.39, 0.29) is 5.91 Å². The van der Waals surface area contributed by atoms with Crippen LogP contribution in [0.2, 0.25) is 0 Å². The highest BCUT2D eigenvalue weighted by Gasteiger charge is 2.14. The van der Waals surface area contributed by atoms with Gasteiger partial charge in [0.15, 0.2) is 5.13 Å². The molecule has 0 spiro atoms. The molecule has 1 aromatic carbocycles. The van der Waals surface area contributed by atoms with Crippen LogP contribution in [0.5, 0.6) is 0 Å². The quantitative estimate of drug-likeness (QED) is 0.600. The monoisotopic (exact) mass is 346 g/mol. The largest absolute Gasteiger partial charge is 0.298 e. The molecular formula is C19H14N4OS. The number of pyridine rings is 2. The number of hydrogen-bond acceptors (Lipinski definition) is 5. The second kappa shape index (κ2) is 6.41. The van der Waals surface area contributed by atoms with Crippen molar-refractivity contribution >= 4 is 33.3 Å². The Morgan fingerprint density at radius 3 is 2.72 bits per heavy atom.